The van der Waals surface area contributed by atoms with Gasteiger partial charge in [0.15, 0.2) is 5.41 Å². The van der Waals surface area contributed by atoms with Crippen LogP contribution < -0.4 is 5.73 Å². The summed E-state index contributed by atoms with van der Waals surface area (Å²) in [5, 5.41) is 33.5. The van der Waals surface area contributed by atoms with Crippen molar-refractivity contribution < 1.29 is 4.79 Å². The molecule has 2 heterocycles. The topological polar surface area (TPSA) is 118 Å². The quantitative estimate of drug-likeness (QED) is 0.789. The fourth-order valence-corrected chi connectivity index (χ4v) is 4.84. The first kappa shape index (κ1) is 19.7. The minimum atomic E-state index is -1.65. The van der Waals surface area contributed by atoms with Crippen molar-refractivity contribution in [2.24, 2.45) is 22.5 Å². The number of nitrogens with two attached hydrogens (primary N) is 1. The van der Waals surface area contributed by atoms with Crippen LogP contribution in [0.2, 0.25) is 0 Å². The van der Waals surface area contributed by atoms with Gasteiger partial charge in [-0.05, 0) is 28.0 Å². The van der Waals surface area contributed by atoms with E-state index in [0.29, 0.717) is 13.1 Å². The maximum atomic E-state index is 12.9. The summed E-state index contributed by atoms with van der Waals surface area (Å²) in [6, 6.07) is 8.19. The lowest BCUT2D eigenvalue weighted by molar-refractivity contribution is -0.139. The summed E-state index contributed by atoms with van der Waals surface area (Å²) in [7, 11) is 0. The molecule has 28 heavy (non-hydrogen) atoms. The van der Waals surface area contributed by atoms with Crippen molar-refractivity contribution >= 4 is 17.2 Å². The van der Waals surface area contributed by atoms with E-state index in [9.17, 15) is 20.6 Å². The maximum Gasteiger partial charge on any atom is 0.228 e. The van der Waals surface area contributed by atoms with Gasteiger partial charge in [0.05, 0.1) is 23.4 Å². The smallest absolute Gasteiger partial charge is 0.228 e. The molecule has 1 aromatic heterocycles. The second-order valence-corrected chi connectivity index (χ2v) is 8.97. The van der Waals surface area contributed by atoms with Crippen molar-refractivity contribution in [3.63, 3.8) is 0 Å². The van der Waals surface area contributed by atoms with E-state index in [4.69, 9.17) is 5.73 Å². The van der Waals surface area contributed by atoms with Gasteiger partial charge in [-0.1, -0.05) is 26.8 Å². The summed E-state index contributed by atoms with van der Waals surface area (Å²) in [5.41, 5.74) is 5.82. The minimum Gasteiger partial charge on any atom is -0.399 e. The molecule has 0 saturated heterocycles. The normalized spacial score (nSPS) is 23.7. The molecule has 1 aliphatic carbocycles. The standard InChI is InChI=1S/C21H21N5OS/c1-20(2,3)19(27)26-6-4-14-15(8-22)18(25)21(11-23,12-24)17(16(14)9-26)13-5-7-28-10-13/h4-5,7,10,16-17H,6,9,25H2,1-3H3/t16-,17+/m0/s1. The fraction of sp³-hybridized carbons (Fsp3) is 0.429. The van der Waals surface area contributed by atoms with Crippen LogP contribution in [0.3, 0.4) is 0 Å². The van der Waals surface area contributed by atoms with Crippen LogP contribution in [0, 0.1) is 50.7 Å². The Morgan fingerprint density at radius 2 is 2.00 bits per heavy atom. The SMILES string of the molecule is CC(C)(C)C(=O)N1CC=C2C(C#N)=C(N)C(C#N)(C#N)[C@H](c3ccsc3)[C@H]2C1. The lowest BCUT2D eigenvalue weighted by atomic mass is 9.58. The molecule has 7 heteroatoms. The first-order valence-electron chi connectivity index (χ1n) is 8.96. The van der Waals surface area contributed by atoms with E-state index in [1.807, 2.05) is 43.7 Å². The van der Waals surface area contributed by atoms with Crippen molar-refractivity contribution in [3.05, 3.63) is 45.3 Å². The van der Waals surface area contributed by atoms with E-state index in [1.54, 1.807) is 4.90 Å². The first-order valence-corrected chi connectivity index (χ1v) is 9.90. The summed E-state index contributed by atoms with van der Waals surface area (Å²) in [4.78, 5) is 14.6. The molecule has 0 radical (unpaired) electrons. The number of hydrogen-bond acceptors (Lipinski definition) is 6. The monoisotopic (exact) mass is 391 g/mol. The summed E-state index contributed by atoms with van der Waals surface area (Å²) in [5.74, 6) is -0.906. The van der Waals surface area contributed by atoms with Crippen molar-refractivity contribution in [2.45, 2.75) is 26.7 Å². The van der Waals surface area contributed by atoms with Crippen molar-refractivity contribution in [1.29, 1.82) is 15.8 Å². The van der Waals surface area contributed by atoms with Gasteiger partial charge >= 0.3 is 0 Å². The molecule has 3 rings (SSSR count). The van der Waals surface area contributed by atoms with Crippen LogP contribution in [0.1, 0.15) is 32.3 Å². The molecule has 6 nitrogen and oxygen atoms in total. The number of carbonyl (C=O) groups is 1. The minimum absolute atomic E-state index is 0.00702. The first-order chi connectivity index (χ1) is 13.2. The zero-order chi connectivity index (χ0) is 20.7. The summed E-state index contributed by atoms with van der Waals surface area (Å²) < 4.78 is 0. The highest BCUT2D eigenvalue weighted by Gasteiger charge is 2.55. The second-order valence-electron chi connectivity index (χ2n) is 8.19. The van der Waals surface area contributed by atoms with E-state index in [-0.39, 0.29) is 23.1 Å². The predicted octanol–water partition coefficient (Wildman–Crippen LogP) is 3.05. The Kier molecular flexibility index (Phi) is 4.79. The molecule has 2 atom stereocenters. The van der Waals surface area contributed by atoms with Crippen molar-refractivity contribution in [2.75, 3.05) is 13.1 Å². The van der Waals surface area contributed by atoms with Gasteiger partial charge in [-0.3, -0.25) is 4.79 Å². The van der Waals surface area contributed by atoms with Crippen molar-refractivity contribution in [3.8, 4) is 18.2 Å². The van der Waals surface area contributed by atoms with Crippen LogP contribution in [-0.4, -0.2) is 23.9 Å². The molecule has 1 amide bonds. The Morgan fingerprint density at radius 1 is 1.32 bits per heavy atom. The number of rotatable bonds is 1. The molecule has 2 aliphatic rings. The number of amides is 1. The molecular formula is C21H21N5OS. The highest BCUT2D eigenvalue weighted by molar-refractivity contribution is 7.08. The van der Waals surface area contributed by atoms with Gasteiger partial charge in [0.1, 0.15) is 6.07 Å². The average molecular weight is 392 g/mol. The largest absolute Gasteiger partial charge is 0.399 e. The van der Waals surface area contributed by atoms with Crippen LogP contribution >= 0.6 is 11.3 Å². The Morgan fingerprint density at radius 3 is 2.50 bits per heavy atom. The highest BCUT2D eigenvalue weighted by atomic mass is 32.1. The van der Waals surface area contributed by atoms with E-state index in [2.05, 4.69) is 18.2 Å². The predicted molar refractivity (Wildman–Crippen MR) is 105 cm³/mol. The van der Waals surface area contributed by atoms with Crippen molar-refractivity contribution in [1.82, 2.24) is 4.90 Å². The number of fused-ring (bicyclic) bond motifs is 1. The molecule has 0 spiro atoms. The van der Waals surface area contributed by atoms with E-state index >= 15 is 0 Å². The van der Waals surface area contributed by atoms with Gasteiger partial charge < -0.3 is 10.6 Å². The van der Waals surface area contributed by atoms with Crippen LogP contribution in [0.5, 0.6) is 0 Å². The van der Waals surface area contributed by atoms with Crippen LogP contribution in [0.25, 0.3) is 0 Å². The van der Waals surface area contributed by atoms with E-state index in [1.165, 1.54) is 11.3 Å². The van der Waals surface area contributed by atoms with Gasteiger partial charge in [-0.2, -0.15) is 27.1 Å². The molecule has 2 N–H and O–H groups in total. The third-order valence-corrected chi connectivity index (χ3v) is 6.20. The third kappa shape index (κ3) is 2.78. The number of nitrogens with zero attached hydrogens (tertiary/aromatic N) is 4. The lowest BCUT2D eigenvalue weighted by Gasteiger charge is -2.46. The molecule has 142 valence electrons. The zero-order valence-corrected chi connectivity index (χ0v) is 16.9. The summed E-state index contributed by atoms with van der Waals surface area (Å²) in [6.07, 6.45) is 1.85. The van der Waals surface area contributed by atoms with Gasteiger partial charge in [0.25, 0.3) is 0 Å². The zero-order valence-electron chi connectivity index (χ0n) is 16.1. The third-order valence-electron chi connectivity index (χ3n) is 5.50. The molecule has 1 aliphatic heterocycles. The summed E-state index contributed by atoms with van der Waals surface area (Å²) in [6.45, 7) is 6.30. The molecule has 0 saturated carbocycles. The lowest BCUT2D eigenvalue weighted by Crippen LogP contribution is -2.51. The second kappa shape index (κ2) is 6.82. The molecule has 0 aromatic carbocycles. The van der Waals surface area contributed by atoms with Gasteiger partial charge in [-0.15, -0.1) is 0 Å². The van der Waals surface area contributed by atoms with E-state index in [0.717, 1.165) is 11.1 Å². The van der Waals surface area contributed by atoms with Gasteiger partial charge in [-0.25, -0.2) is 0 Å². The summed E-state index contributed by atoms with van der Waals surface area (Å²) >= 11 is 1.47. The molecule has 0 fully saturated rings. The van der Waals surface area contributed by atoms with Gasteiger partial charge in [0, 0.05) is 30.3 Å². The van der Waals surface area contributed by atoms with Gasteiger partial charge in [0.2, 0.25) is 5.91 Å². The number of hydrogen-bond donors (Lipinski definition) is 1. The number of carbonyl (C=O) groups excluding carboxylic acids is 1. The maximum absolute atomic E-state index is 12.9. The highest BCUT2D eigenvalue weighted by Crippen LogP contribution is 2.54. The Balaban J connectivity index is 2.22. The Hall–Kier alpha value is -3.08. The molecule has 0 unspecified atom stereocenters. The number of thiophene rings is 1. The van der Waals surface area contributed by atoms with Crippen LogP contribution in [-0.2, 0) is 4.79 Å². The average Bonchev–Trinajstić information content (AvgIpc) is 3.19. The Bertz CT molecular complexity index is 978. The number of nitriles is 3. The Labute approximate surface area is 168 Å². The fourth-order valence-electron chi connectivity index (χ4n) is 4.15. The molecule has 0 bridgehead atoms. The van der Waals surface area contributed by atoms with E-state index < -0.39 is 16.7 Å². The van der Waals surface area contributed by atoms with Crippen LogP contribution in [0.4, 0.5) is 0 Å². The number of allylic oxidation sites excluding steroid dienone is 2. The molecule has 1 aromatic rings. The van der Waals surface area contributed by atoms with Crippen LogP contribution in [0.15, 0.2) is 39.7 Å². The molecular weight excluding hydrogens is 370 g/mol.